The zero-order valence-electron chi connectivity index (χ0n) is 11.2. The number of rotatable bonds is 7. The molecule has 4 heteroatoms. The number of hydrogen-bond acceptors (Lipinski definition) is 2. The molecule has 0 aliphatic heterocycles. The van der Waals surface area contributed by atoms with E-state index in [4.69, 9.17) is 4.74 Å². The molecular weight excluding hydrogens is 236 g/mol. The minimum absolute atomic E-state index is 0.184. The number of hydrogen-bond donors (Lipinski definition) is 1. The fourth-order valence-corrected chi connectivity index (χ4v) is 2.11. The third kappa shape index (κ3) is 4.03. The quantitative estimate of drug-likeness (QED) is 0.809. The predicted octanol–water partition coefficient (Wildman–Crippen LogP) is 3.29. The van der Waals surface area contributed by atoms with Crippen LogP contribution in [-0.2, 0) is 4.74 Å². The molecular formula is C14H21F2NO. The van der Waals surface area contributed by atoms with Gasteiger partial charge < -0.3 is 10.1 Å². The second kappa shape index (κ2) is 7.44. The minimum atomic E-state index is -0.796. The summed E-state index contributed by atoms with van der Waals surface area (Å²) >= 11 is 0. The Bertz CT molecular complexity index is 371. The van der Waals surface area contributed by atoms with Crippen LogP contribution in [0.25, 0.3) is 0 Å². The maximum Gasteiger partial charge on any atom is 0.163 e. The Labute approximate surface area is 107 Å². The van der Waals surface area contributed by atoms with Crippen LogP contribution in [0.4, 0.5) is 8.78 Å². The van der Waals surface area contributed by atoms with E-state index >= 15 is 0 Å². The first-order valence-corrected chi connectivity index (χ1v) is 6.26. The molecule has 0 heterocycles. The average molecular weight is 257 g/mol. The standard InChI is InChI=1S/C14H21F2NO/c1-4-17-13(8-10(2)9-18-3)11-6-5-7-12(15)14(11)16/h5-7,10,13,17H,4,8-9H2,1-3H3. The lowest BCUT2D eigenvalue weighted by atomic mass is 9.95. The van der Waals surface area contributed by atoms with Crippen molar-refractivity contribution in [3.05, 3.63) is 35.4 Å². The van der Waals surface area contributed by atoms with Crippen LogP contribution in [0.2, 0.25) is 0 Å². The van der Waals surface area contributed by atoms with Crippen LogP contribution in [0.1, 0.15) is 31.9 Å². The van der Waals surface area contributed by atoms with Gasteiger partial charge in [0.15, 0.2) is 11.6 Å². The fraction of sp³-hybridized carbons (Fsp3) is 0.571. The monoisotopic (exact) mass is 257 g/mol. The molecule has 1 N–H and O–H groups in total. The molecule has 0 fully saturated rings. The first-order valence-electron chi connectivity index (χ1n) is 6.26. The average Bonchev–Trinajstić information content (AvgIpc) is 2.32. The summed E-state index contributed by atoms with van der Waals surface area (Å²) in [5.41, 5.74) is 0.389. The van der Waals surface area contributed by atoms with Crippen LogP contribution in [0.3, 0.4) is 0 Å². The van der Waals surface area contributed by atoms with Gasteiger partial charge in [-0.1, -0.05) is 26.0 Å². The highest BCUT2D eigenvalue weighted by atomic mass is 19.2. The number of nitrogens with one attached hydrogen (secondary N) is 1. The van der Waals surface area contributed by atoms with Crippen molar-refractivity contribution in [3.63, 3.8) is 0 Å². The summed E-state index contributed by atoms with van der Waals surface area (Å²) in [6.45, 7) is 5.30. The summed E-state index contributed by atoms with van der Waals surface area (Å²) in [5, 5.41) is 3.19. The maximum absolute atomic E-state index is 13.8. The van der Waals surface area contributed by atoms with E-state index in [2.05, 4.69) is 5.32 Å². The van der Waals surface area contributed by atoms with Crippen molar-refractivity contribution in [2.75, 3.05) is 20.3 Å². The molecule has 2 unspecified atom stereocenters. The molecule has 18 heavy (non-hydrogen) atoms. The van der Waals surface area contributed by atoms with E-state index in [1.165, 1.54) is 0 Å². The molecule has 0 amide bonds. The van der Waals surface area contributed by atoms with Crippen LogP contribution in [0.15, 0.2) is 18.2 Å². The van der Waals surface area contributed by atoms with Gasteiger partial charge >= 0.3 is 0 Å². The highest BCUT2D eigenvalue weighted by Gasteiger charge is 2.19. The maximum atomic E-state index is 13.8. The fourth-order valence-electron chi connectivity index (χ4n) is 2.11. The summed E-state index contributed by atoms with van der Waals surface area (Å²) in [6, 6.07) is 4.13. The van der Waals surface area contributed by atoms with Crippen molar-refractivity contribution in [2.45, 2.75) is 26.3 Å². The van der Waals surface area contributed by atoms with E-state index in [1.807, 2.05) is 13.8 Å². The van der Waals surface area contributed by atoms with Crippen LogP contribution in [-0.4, -0.2) is 20.3 Å². The van der Waals surface area contributed by atoms with Crippen molar-refractivity contribution in [2.24, 2.45) is 5.92 Å². The first-order chi connectivity index (χ1) is 8.60. The lowest BCUT2D eigenvalue weighted by Crippen LogP contribution is -2.25. The zero-order valence-corrected chi connectivity index (χ0v) is 11.2. The van der Waals surface area contributed by atoms with E-state index in [0.717, 1.165) is 6.07 Å². The Kier molecular flexibility index (Phi) is 6.22. The Morgan fingerprint density at radius 3 is 2.67 bits per heavy atom. The van der Waals surface area contributed by atoms with Gasteiger partial charge in [0.2, 0.25) is 0 Å². The van der Waals surface area contributed by atoms with Crippen molar-refractivity contribution < 1.29 is 13.5 Å². The molecule has 0 aliphatic carbocycles. The Morgan fingerprint density at radius 1 is 1.33 bits per heavy atom. The SMILES string of the molecule is CCNC(CC(C)COC)c1cccc(F)c1F. The van der Waals surface area contributed by atoms with Gasteiger partial charge in [0.1, 0.15) is 0 Å². The molecule has 1 rings (SSSR count). The summed E-state index contributed by atoms with van der Waals surface area (Å²) in [5.74, 6) is -1.27. The van der Waals surface area contributed by atoms with Crippen LogP contribution in [0.5, 0.6) is 0 Å². The second-order valence-corrected chi connectivity index (χ2v) is 4.55. The van der Waals surface area contributed by atoms with E-state index in [0.29, 0.717) is 25.1 Å². The third-order valence-electron chi connectivity index (χ3n) is 2.90. The van der Waals surface area contributed by atoms with Crippen LogP contribution >= 0.6 is 0 Å². The van der Waals surface area contributed by atoms with E-state index < -0.39 is 11.6 Å². The molecule has 1 aromatic rings. The van der Waals surface area contributed by atoms with Gasteiger partial charge in [-0.05, 0) is 24.9 Å². The van der Waals surface area contributed by atoms with Crippen LogP contribution < -0.4 is 5.32 Å². The van der Waals surface area contributed by atoms with Gasteiger partial charge in [-0.2, -0.15) is 0 Å². The summed E-state index contributed by atoms with van der Waals surface area (Å²) in [7, 11) is 1.64. The number of methoxy groups -OCH3 is 1. The molecule has 0 saturated carbocycles. The Morgan fingerprint density at radius 2 is 2.06 bits per heavy atom. The van der Waals surface area contributed by atoms with E-state index in [9.17, 15) is 8.78 Å². The number of benzene rings is 1. The van der Waals surface area contributed by atoms with E-state index in [1.54, 1.807) is 19.2 Å². The number of halogens is 2. The largest absolute Gasteiger partial charge is 0.384 e. The minimum Gasteiger partial charge on any atom is -0.384 e. The normalized spacial score (nSPS) is 14.5. The Balaban J connectivity index is 2.86. The molecule has 102 valence electrons. The lowest BCUT2D eigenvalue weighted by Gasteiger charge is -2.22. The van der Waals surface area contributed by atoms with Crippen molar-refractivity contribution in [1.82, 2.24) is 5.32 Å². The van der Waals surface area contributed by atoms with Gasteiger partial charge in [0.05, 0.1) is 0 Å². The van der Waals surface area contributed by atoms with E-state index in [-0.39, 0.29) is 12.0 Å². The smallest absolute Gasteiger partial charge is 0.163 e. The Hall–Kier alpha value is -1.00. The highest BCUT2D eigenvalue weighted by molar-refractivity contribution is 5.22. The van der Waals surface area contributed by atoms with Crippen LogP contribution in [0, 0.1) is 17.6 Å². The van der Waals surface area contributed by atoms with Gasteiger partial charge in [0.25, 0.3) is 0 Å². The molecule has 0 aliphatic rings. The molecule has 2 atom stereocenters. The zero-order chi connectivity index (χ0) is 13.5. The van der Waals surface area contributed by atoms with Gasteiger partial charge in [-0.3, -0.25) is 0 Å². The first kappa shape index (κ1) is 15.1. The second-order valence-electron chi connectivity index (χ2n) is 4.55. The summed E-state index contributed by atoms with van der Waals surface area (Å²) in [6.07, 6.45) is 0.710. The molecule has 0 radical (unpaired) electrons. The summed E-state index contributed by atoms with van der Waals surface area (Å²) in [4.78, 5) is 0. The molecule has 0 spiro atoms. The van der Waals surface area contributed by atoms with Gasteiger partial charge in [-0.15, -0.1) is 0 Å². The molecule has 0 bridgehead atoms. The number of ether oxygens (including phenoxy) is 1. The molecule has 0 saturated heterocycles. The van der Waals surface area contributed by atoms with Gasteiger partial charge in [0, 0.05) is 25.3 Å². The topological polar surface area (TPSA) is 21.3 Å². The van der Waals surface area contributed by atoms with Crippen molar-refractivity contribution in [3.8, 4) is 0 Å². The molecule has 2 nitrogen and oxygen atoms in total. The molecule has 1 aromatic carbocycles. The van der Waals surface area contributed by atoms with Gasteiger partial charge in [-0.25, -0.2) is 8.78 Å². The highest BCUT2D eigenvalue weighted by Crippen LogP contribution is 2.25. The predicted molar refractivity (Wildman–Crippen MR) is 68.4 cm³/mol. The molecule has 0 aromatic heterocycles. The summed E-state index contributed by atoms with van der Waals surface area (Å²) < 4.78 is 32.1. The lowest BCUT2D eigenvalue weighted by molar-refractivity contribution is 0.149. The van der Waals surface area contributed by atoms with Crippen molar-refractivity contribution in [1.29, 1.82) is 0 Å². The van der Waals surface area contributed by atoms with Crippen molar-refractivity contribution >= 4 is 0 Å². The third-order valence-corrected chi connectivity index (χ3v) is 2.90.